The zero-order valence-electron chi connectivity index (χ0n) is 17.1. The number of sulfonamides is 1. The summed E-state index contributed by atoms with van der Waals surface area (Å²) >= 11 is 0. The molecule has 2 aliphatic heterocycles. The lowest BCUT2D eigenvalue weighted by Gasteiger charge is -2.40. The molecule has 0 radical (unpaired) electrons. The number of carbonyl (C=O) groups excluding carboxylic acids is 1. The predicted molar refractivity (Wildman–Crippen MR) is 120 cm³/mol. The number of anilines is 2. The first kappa shape index (κ1) is 20.1. The fourth-order valence-corrected chi connectivity index (χ4v) is 6.51. The number of rotatable bonds is 3. The van der Waals surface area contributed by atoms with E-state index in [4.69, 9.17) is 10.5 Å². The van der Waals surface area contributed by atoms with E-state index >= 15 is 0 Å². The van der Waals surface area contributed by atoms with Gasteiger partial charge in [-0.15, -0.1) is 0 Å². The number of nitrogens with zero attached hydrogens (tertiary/aromatic N) is 2. The molecule has 31 heavy (non-hydrogen) atoms. The third-order valence-corrected chi connectivity index (χ3v) is 8.58. The molecule has 2 N–H and O–H groups in total. The number of fused-ring (bicyclic) bond motifs is 2. The Morgan fingerprint density at radius 2 is 1.81 bits per heavy atom. The minimum atomic E-state index is -3.47. The van der Waals surface area contributed by atoms with Crippen molar-refractivity contribution in [3.8, 4) is 0 Å². The lowest BCUT2D eigenvalue weighted by molar-refractivity contribution is 0.136. The van der Waals surface area contributed by atoms with Crippen LogP contribution in [0.3, 0.4) is 0 Å². The fourth-order valence-electron chi connectivity index (χ4n) is 4.74. The highest BCUT2D eigenvalue weighted by Crippen LogP contribution is 2.34. The van der Waals surface area contributed by atoms with Gasteiger partial charge in [-0.05, 0) is 48.6 Å². The van der Waals surface area contributed by atoms with Gasteiger partial charge < -0.3 is 10.5 Å². The highest BCUT2D eigenvalue weighted by atomic mass is 32.2. The van der Waals surface area contributed by atoms with Crippen molar-refractivity contribution in [1.82, 2.24) is 4.31 Å². The van der Waals surface area contributed by atoms with E-state index in [0.29, 0.717) is 38.0 Å². The Morgan fingerprint density at radius 1 is 1.03 bits per heavy atom. The summed E-state index contributed by atoms with van der Waals surface area (Å²) in [6, 6.07) is 13.2. The number of benzene rings is 2. The minimum Gasteiger partial charge on any atom is -0.444 e. The summed E-state index contributed by atoms with van der Waals surface area (Å²) in [5.74, 6) is 0. The summed E-state index contributed by atoms with van der Waals surface area (Å²) in [6.45, 7) is 0.971. The van der Waals surface area contributed by atoms with Crippen molar-refractivity contribution in [2.24, 2.45) is 0 Å². The summed E-state index contributed by atoms with van der Waals surface area (Å²) < 4.78 is 33.5. The summed E-state index contributed by atoms with van der Waals surface area (Å²) in [7, 11) is -3.47. The van der Waals surface area contributed by atoms with Gasteiger partial charge in [-0.25, -0.2) is 17.5 Å². The topological polar surface area (TPSA) is 92.9 Å². The van der Waals surface area contributed by atoms with Crippen molar-refractivity contribution < 1.29 is 17.9 Å². The van der Waals surface area contributed by atoms with Crippen LogP contribution in [0.2, 0.25) is 0 Å². The van der Waals surface area contributed by atoms with Crippen molar-refractivity contribution >= 4 is 33.6 Å². The van der Waals surface area contributed by atoms with E-state index in [-0.39, 0.29) is 18.7 Å². The van der Waals surface area contributed by atoms with E-state index in [1.165, 1.54) is 0 Å². The van der Waals surface area contributed by atoms with Crippen LogP contribution >= 0.6 is 0 Å². The van der Waals surface area contributed by atoms with Crippen LogP contribution in [0.1, 0.15) is 29.5 Å². The van der Waals surface area contributed by atoms with E-state index in [1.54, 1.807) is 21.3 Å². The molecular weight excluding hydrogens is 414 g/mol. The maximum Gasteiger partial charge on any atom is 0.414 e. The summed E-state index contributed by atoms with van der Waals surface area (Å²) in [5, 5.41) is -0.553. The van der Waals surface area contributed by atoms with Gasteiger partial charge in [-0.1, -0.05) is 36.4 Å². The molecule has 1 atom stereocenters. The van der Waals surface area contributed by atoms with E-state index in [1.807, 2.05) is 42.5 Å². The van der Waals surface area contributed by atoms with Crippen molar-refractivity contribution in [2.75, 3.05) is 23.7 Å². The molecule has 1 unspecified atom stereocenters. The first-order valence-corrected chi connectivity index (χ1v) is 12.0. The number of carbonyl (C=O) groups is 1. The predicted octanol–water partition coefficient (Wildman–Crippen LogP) is 3.16. The number of nitrogen functional groups attached to an aromatic ring is 1. The van der Waals surface area contributed by atoms with E-state index in [2.05, 4.69) is 0 Å². The van der Waals surface area contributed by atoms with Gasteiger partial charge in [0.25, 0.3) is 0 Å². The number of hydrogen-bond donors (Lipinski definition) is 1. The van der Waals surface area contributed by atoms with Crippen LogP contribution in [0.15, 0.2) is 48.5 Å². The molecule has 0 saturated carbocycles. The van der Waals surface area contributed by atoms with E-state index in [9.17, 15) is 13.2 Å². The van der Waals surface area contributed by atoms with Crippen LogP contribution in [0.5, 0.6) is 0 Å². The molecule has 8 heteroatoms. The molecule has 3 aliphatic rings. The van der Waals surface area contributed by atoms with Gasteiger partial charge in [-0.2, -0.15) is 0 Å². The Kier molecular flexibility index (Phi) is 4.98. The number of ether oxygens (including phenoxy) is 1. The Labute approximate surface area is 182 Å². The minimum absolute atomic E-state index is 0.107. The van der Waals surface area contributed by atoms with Crippen molar-refractivity contribution in [1.29, 1.82) is 0 Å². The zero-order valence-corrected chi connectivity index (χ0v) is 17.9. The molecule has 2 aromatic carbocycles. The standard InChI is InChI=1S/C23H25N3O4S/c24-19-6-8-22-18(13-19)15-30-23(27)26(22)20-9-11-25(12-10-20)31(28,29)21-7-5-16-3-1-2-4-17(16)14-21/h1-8,13,20-21H,9-12,14-15,24H2. The number of hydrogen-bond acceptors (Lipinski definition) is 5. The third kappa shape index (κ3) is 3.59. The van der Waals surface area contributed by atoms with E-state index < -0.39 is 15.3 Å². The second kappa shape index (κ2) is 7.69. The van der Waals surface area contributed by atoms with Gasteiger partial charge in [0, 0.05) is 30.4 Å². The lowest BCUT2D eigenvalue weighted by atomic mass is 9.97. The zero-order chi connectivity index (χ0) is 21.6. The summed E-state index contributed by atoms with van der Waals surface area (Å²) in [6.07, 6.45) is 4.93. The first-order valence-electron chi connectivity index (χ1n) is 10.5. The molecule has 2 aromatic rings. The highest BCUT2D eigenvalue weighted by Gasteiger charge is 2.39. The molecule has 2 heterocycles. The molecule has 1 saturated heterocycles. The van der Waals surface area contributed by atoms with Crippen molar-refractivity contribution in [2.45, 2.75) is 37.2 Å². The Hall–Kier alpha value is -2.84. The Balaban J connectivity index is 1.30. The smallest absolute Gasteiger partial charge is 0.414 e. The molecule has 1 aliphatic carbocycles. The van der Waals surface area contributed by atoms with Crippen LogP contribution in [0.4, 0.5) is 16.2 Å². The highest BCUT2D eigenvalue weighted by molar-refractivity contribution is 7.89. The number of nitrogens with two attached hydrogens (primary N) is 1. The molecule has 1 fully saturated rings. The number of piperidine rings is 1. The maximum atomic E-state index is 13.3. The molecule has 0 spiro atoms. The first-order chi connectivity index (χ1) is 14.9. The molecule has 7 nitrogen and oxygen atoms in total. The normalized spacial score (nSPS) is 22.0. The fraction of sp³-hybridized carbons (Fsp3) is 0.348. The maximum absolute atomic E-state index is 13.3. The second-order valence-electron chi connectivity index (χ2n) is 8.29. The van der Waals surface area contributed by atoms with Crippen LogP contribution in [0.25, 0.3) is 6.08 Å². The summed E-state index contributed by atoms with van der Waals surface area (Å²) in [4.78, 5) is 14.2. The molecule has 1 amide bonds. The molecule has 0 bridgehead atoms. The second-order valence-corrected chi connectivity index (χ2v) is 10.4. The molecule has 5 rings (SSSR count). The van der Waals surface area contributed by atoms with E-state index in [0.717, 1.165) is 22.4 Å². The Morgan fingerprint density at radius 3 is 2.61 bits per heavy atom. The van der Waals surface area contributed by atoms with Gasteiger partial charge in [0.15, 0.2) is 0 Å². The van der Waals surface area contributed by atoms with Crippen LogP contribution in [-0.4, -0.2) is 43.2 Å². The van der Waals surface area contributed by atoms with Gasteiger partial charge in [-0.3, -0.25) is 4.90 Å². The Bertz CT molecular complexity index is 1150. The molecular formula is C23H25N3O4S. The van der Waals surface area contributed by atoms with Crippen molar-refractivity contribution in [3.05, 3.63) is 65.2 Å². The van der Waals surface area contributed by atoms with Gasteiger partial charge in [0.1, 0.15) is 6.61 Å². The lowest BCUT2D eigenvalue weighted by Crippen LogP contribution is -2.52. The third-order valence-electron chi connectivity index (χ3n) is 6.41. The number of amides is 1. The average molecular weight is 440 g/mol. The summed E-state index contributed by atoms with van der Waals surface area (Å²) in [5.41, 5.74) is 10.3. The van der Waals surface area contributed by atoms with Crippen LogP contribution < -0.4 is 10.6 Å². The molecule has 162 valence electrons. The average Bonchev–Trinajstić information content (AvgIpc) is 2.79. The monoisotopic (exact) mass is 439 g/mol. The van der Waals surface area contributed by atoms with Gasteiger partial charge in [0.05, 0.1) is 10.9 Å². The molecule has 0 aromatic heterocycles. The SMILES string of the molecule is Nc1ccc2c(c1)COC(=O)N2C1CCN(S(=O)(=O)C2C=Cc3ccccc3C2)CC1. The quantitative estimate of drug-likeness (QED) is 0.742. The van der Waals surface area contributed by atoms with Crippen LogP contribution in [-0.2, 0) is 27.8 Å². The largest absolute Gasteiger partial charge is 0.444 e. The van der Waals surface area contributed by atoms with Crippen LogP contribution in [0, 0.1) is 0 Å². The van der Waals surface area contributed by atoms with Gasteiger partial charge in [0.2, 0.25) is 10.0 Å². The van der Waals surface area contributed by atoms with Crippen molar-refractivity contribution in [3.63, 3.8) is 0 Å². The number of cyclic esters (lactones) is 1. The van der Waals surface area contributed by atoms with Gasteiger partial charge >= 0.3 is 6.09 Å².